The number of nitrogens with one attached hydrogen (secondary N) is 3. The molecule has 2 heterocycles. The number of carbonyl (C=O) groups excluding carboxylic acids is 2. The van der Waals surface area contributed by atoms with Crippen LogP contribution in [0.1, 0.15) is 28.5 Å². The van der Waals surface area contributed by atoms with Crippen LogP contribution in [0.25, 0.3) is 11.1 Å². The molecule has 0 aliphatic carbocycles. The van der Waals surface area contributed by atoms with E-state index >= 15 is 0 Å². The van der Waals surface area contributed by atoms with E-state index in [0.29, 0.717) is 15.8 Å². The number of alkyl halides is 4. The van der Waals surface area contributed by atoms with Gasteiger partial charge in [-0.15, -0.1) is 0 Å². The summed E-state index contributed by atoms with van der Waals surface area (Å²) in [7, 11) is 1.38. The number of aliphatic imine (C=N–C) groups is 1. The first-order valence-electron chi connectivity index (χ1n) is 13.8. The highest BCUT2D eigenvalue weighted by atomic mass is 35.5. The third-order valence-electron chi connectivity index (χ3n) is 6.59. The number of benzene rings is 2. The van der Waals surface area contributed by atoms with Gasteiger partial charge in [0.15, 0.2) is 5.96 Å². The molecule has 1 unspecified atom stereocenters. The Labute approximate surface area is 276 Å². The van der Waals surface area contributed by atoms with Crippen LogP contribution < -0.4 is 15.6 Å². The summed E-state index contributed by atoms with van der Waals surface area (Å²) in [4.78, 5) is 35.1. The molecule has 0 spiro atoms. The van der Waals surface area contributed by atoms with Crippen LogP contribution in [0.2, 0.25) is 5.02 Å². The van der Waals surface area contributed by atoms with Crippen LogP contribution in [0.15, 0.2) is 89.3 Å². The summed E-state index contributed by atoms with van der Waals surface area (Å²) in [6, 6.07) is 13.2. The first-order chi connectivity index (χ1) is 23.0. The molecule has 0 saturated carbocycles. The zero-order chi connectivity index (χ0) is 34.8. The molecule has 0 radical (unpaired) electrons. The quantitative estimate of drug-likeness (QED) is 0.0523. The fourth-order valence-electron chi connectivity index (χ4n) is 4.33. The van der Waals surface area contributed by atoms with Gasteiger partial charge in [0.1, 0.15) is 18.8 Å². The Morgan fingerprint density at radius 1 is 1.12 bits per heavy atom. The van der Waals surface area contributed by atoms with Crippen molar-refractivity contribution >= 4 is 54.1 Å². The molecule has 0 fully saturated rings. The van der Waals surface area contributed by atoms with Crippen molar-refractivity contribution in [2.24, 2.45) is 10.1 Å². The molecule has 250 valence electrons. The molecule has 4 rings (SSSR count). The molecule has 48 heavy (non-hydrogen) atoms. The number of halogens is 5. The summed E-state index contributed by atoms with van der Waals surface area (Å²) in [6.45, 7) is -3.40. The second-order valence-corrected chi connectivity index (χ2v) is 9.95. The molecule has 3 N–H and O–H groups in total. The van der Waals surface area contributed by atoms with E-state index in [-0.39, 0.29) is 32.7 Å². The highest BCUT2D eigenvalue weighted by molar-refractivity contribution is 6.33. The maximum atomic E-state index is 14.0. The van der Waals surface area contributed by atoms with E-state index in [1.807, 2.05) is 0 Å². The number of rotatable bonds is 12. The number of pyridine rings is 1. The lowest BCUT2D eigenvalue weighted by Gasteiger charge is -2.32. The maximum absolute atomic E-state index is 14.0. The van der Waals surface area contributed by atoms with E-state index in [0.717, 1.165) is 17.4 Å². The number of nitrogens with zero attached hydrogens (tertiary/aromatic N) is 7. The molecule has 0 aliphatic heterocycles. The SMILES string of the molecule is C=N/C=N\N(c1cc(C(COC(=O)Nc2ccccn2)N(C(=N)NC)C(=O)c2ccc(-c3cnn(C(F)F)c3)cc2)ccc1Cl)C(F)F. The fraction of sp³-hybridized carbons (Fsp3) is 0.167. The minimum absolute atomic E-state index is 0.0491. The van der Waals surface area contributed by atoms with Gasteiger partial charge in [-0.1, -0.05) is 35.9 Å². The van der Waals surface area contributed by atoms with Crippen molar-refractivity contribution in [1.29, 1.82) is 5.41 Å². The zero-order valence-corrected chi connectivity index (χ0v) is 25.7. The summed E-state index contributed by atoms with van der Waals surface area (Å²) in [5, 5.41) is 21.0. The van der Waals surface area contributed by atoms with Crippen molar-refractivity contribution in [2.75, 3.05) is 24.0 Å². The normalized spacial score (nSPS) is 11.8. The summed E-state index contributed by atoms with van der Waals surface area (Å²) in [5.41, 5.74) is 0.726. The average Bonchev–Trinajstić information content (AvgIpc) is 3.58. The standard InChI is InChI=1S/C30H27ClF4N10O3/c1-37-17-41-45(28(34)35)23-13-20(10-11-22(23)31)24(16-48-30(47)42-25-5-3-4-12-39-25)44(29(36)38-2)26(46)19-8-6-18(7-9-19)21-14-40-43(15-21)27(32)33/h3-15,17,24,27-28H,1,16H2,2H3,(H2,36,38)(H,39,42,47)/b41-17-. The lowest BCUT2D eigenvalue weighted by atomic mass is 10.0. The van der Waals surface area contributed by atoms with Gasteiger partial charge in [-0.2, -0.15) is 27.8 Å². The monoisotopic (exact) mass is 686 g/mol. The van der Waals surface area contributed by atoms with Gasteiger partial charge in [0.2, 0.25) is 0 Å². The average molecular weight is 687 g/mol. The minimum Gasteiger partial charge on any atom is -0.447 e. The largest absolute Gasteiger partial charge is 0.447 e. The molecule has 18 heteroatoms. The van der Waals surface area contributed by atoms with E-state index in [2.05, 4.69) is 37.5 Å². The highest BCUT2D eigenvalue weighted by Crippen LogP contribution is 2.34. The molecule has 13 nitrogen and oxygen atoms in total. The smallest absolute Gasteiger partial charge is 0.412 e. The van der Waals surface area contributed by atoms with Crippen molar-refractivity contribution < 1.29 is 31.9 Å². The zero-order valence-electron chi connectivity index (χ0n) is 25.0. The van der Waals surface area contributed by atoms with Crippen LogP contribution in [0.3, 0.4) is 0 Å². The number of hydrogen-bond acceptors (Lipinski definition) is 8. The Bertz CT molecular complexity index is 1770. The van der Waals surface area contributed by atoms with Crippen LogP contribution in [-0.4, -0.2) is 70.9 Å². The Morgan fingerprint density at radius 3 is 2.48 bits per heavy atom. The molecule has 0 bridgehead atoms. The van der Waals surface area contributed by atoms with Crippen molar-refractivity contribution in [3.05, 3.63) is 95.4 Å². The summed E-state index contributed by atoms with van der Waals surface area (Å²) in [6.07, 6.45) is 3.65. The fourth-order valence-corrected chi connectivity index (χ4v) is 4.54. The third-order valence-corrected chi connectivity index (χ3v) is 6.91. The van der Waals surface area contributed by atoms with Gasteiger partial charge in [0, 0.05) is 30.6 Å². The molecule has 2 aromatic heterocycles. The molecule has 1 atom stereocenters. The molecule has 0 aliphatic rings. The Morgan fingerprint density at radius 2 is 1.88 bits per heavy atom. The van der Waals surface area contributed by atoms with E-state index < -0.39 is 43.7 Å². The lowest BCUT2D eigenvalue weighted by molar-refractivity contribution is 0.0566. The Balaban J connectivity index is 1.74. The van der Waals surface area contributed by atoms with Crippen LogP contribution in [-0.2, 0) is 4.74 Å². The van der Waals surface area contributed by atoms with Gasteiger partial charge in [-0.25, -0.2) is 19.5 Å². The number of anilines is 2. The van der Waals surface area contributed by atoms with E-state index in [1.165, 1.54) is 68.0 Å². The third kappa shape index (κ3) is 8.49. The first-order valence-corrected chi connectivity index (χ1v) is 14.1. The van der Waals surface area contributed by atoms with E-state index in [4.69, 9.17) is 21.7 Å². The number of hydrogen-bond donors (Lipinski definition) is 3. The number of aromatic nitrogens is 3. The number of carbonyl (C=O) groups is 2. The van der Waals surface area contributed by atoms with Crippen LogP contribution in [0.5, 0.6) is 0 Å². The van der Waals surface area contributed by atoms with Gasteiger partial charge in [-0.3, -0.25) is 25.4 Å². The molecule has 0 saturated heterocycles. The van der Waals surface area contributed by atoms with Crippen molar-refractivity contribution in [3.63, 3.8) is 0 Å². The van der Waals surface area contributed by atoms with E-state index in [9.17, 15) is 27.2 Å². The molecular weight excluding hydrogens is 660 g/mol. The Kier molecular flexibility index (Phi) is 11.8. The number of ether oxygens (including phenoxy) is 1. The van der Waals surface area contributed by atoms with Gasteiger partial charge in [0.05, 0.1) is 22.9 Å². The predicted molar refractivity (Wildman–Crippen MR) is 172 cm³/mol. The second kappa shape index (κ2) is 16.1. The summed E-state index contributed by atoms with van der Waals surface area (Å²) in [5.74, 6) is -1.04. The minimum atomic E-state index is -3.17. The Hall–Kier alpha value is -5.84. The topological polar surface area (TPSA) is 153 Å². The van der Waals surface area contributed by atoms with Crippen molar-refractivity contribution in [1.82, 2.24) is 25.0 Å². The van der Waals surface area contributed by atoms with Crippen molar-refractivity contribution in [3.8, 4) is 11.1 Å². The molecular formula is C30H27ClF4N10O3. The second-order valence-electron chi connectivity index (χ2n) is 9.54. The number of hydrazone groups is 1. The van der Waals surface area contributed by atoms with Gasteiger partial charge >= 0.3 is 19.2 Å². The van der Waals surface area contributed by atoms with Crippen LogP contribution in [0.4, 0.5) is 33.9 Å². The lowest BCUT2D eigenvalue weighted by Crippen LogP contribution is -2.47. The number of amides is 2. The number of guanidine groups is 1. The highest BCUT2D eigenvalue weighted by Gasteiger charge is 2.32. The van der Waals surface area contributed by atoms with Gasteiger partial charge < -0.3 is 10.1 Å². The molecule has 2 aromatic carbocycles. The maximum Gasteiger partial charge on any atom is 0.412 e. The van der Waals surface area contributed by atoms with Crippen molar-refractivity contribution in [2.45, 2.75) is 19.1 Å². The van der Waals surface area contributed by atoms with Crippen LogP contribution >= 0.6 is 11.6 Å². The summed E-state index contributed by atoms with van der Waals surface area (Å²) < 4.78 is 60.0. The molecule has 4 aromatic rings. The van der Waals surface area contributed by atoms with Gasteiger partial charge in [0.25, 0.3) is 5.91 Å². The summed E-state index contributed by atoms with van der Waals surface area (Å²) >= 11 is 6.27. The van der Waals surface area contributed by atoms with Crippen LogP contribution in [0, 0.1) is 5.41 Å². The first kappa shape index (κ1) is 35.0. The van der Waals surface area contributed by atoms with E-state index in [1.54, 1.807) is 12.1 Å². The van der Waals surface area contributed by atoms with Gasteiger partial charge in [-0.05, 0) is 54.2 Å². The molecule has 2 amide bonds. The predicted octanol–water partition coefficient (Wildman–Crippen LogP) is 6.25.